The highest BCUT2D eigenvalue weighted by Crippen LogP contribution is 2.13. The number of carbonyl (C=O) groups excluding carboxylic acids is 2. The first-order valence-electron chi connectivity index (χ1n) is 8.15. The molecule has 0 spiro atoms. The number of hydrogen-bond acceptors (Lipinski definition) is 2. The summed E-state index contributed by atoms with van der Waals surface area (Å²) in [4.78, 5) is 27.4. The average Bonchev–Trinajstić information content (AvgIpc) is 2.46. The lowest BCUT2D eigenvalue weighted by atomic mass is 10.1. The number of quaternary nitrogens is 1. The lowest BCUT2D eigenvalue weighted by molar-refractivity contribution is -0.885. The second-order valence-electron chi connectivity index (χ2n) is 6.96. The van der Waals surface area contributed by atoms with Crippen LogP contribution in [-0.4, -0.2) is 43.5 Å². The third-order valence-electron chi connectivity index (χ3n) is 3.71. The fourth-order valence-corrected chi connectivity index (χ4v) is 2.39. The van der Waals surface area contributed by atoms with Gasteiger partial charge in [-0.25, -0.2) is 0 Å². The van der Waals surface area contributed by atoms with Gasteiger partial charge in [-0.2, -0.15) is 0 Å². The number of nitrogens with zero attached hydrogens (tertiary/aromatic N) is 1. The van der Waals surface area contributed by atoms with E-state index in [2.05, 4.69) is 5.32 Å². The Balaban J connectivity index is 2.72. The van der Waals surface area contributed by atoms with Crippen molar-refractivity contribution in [1.29, 1.82) is 0 Å². The zero-order valence-electron chi connectivity index (χ0n) is 15.1. The van der Waals surface area contributed by atoms with Gasteiger partial charge in [-0.05, 0) is 46.8 Å². The van der Waals surface area contributed by atoms with Gasteiger partial charge in [0.25, 0.3) is 11.8 Å². The van der Waals surface area contributed by atoms with E-state index in [1.807, 2.05) is 72.0 Å². The van der Waals surface area contributed by atoms with E-state index in [0.717, 1.165) is 10.6 Å². The van der Waals surface area contributed by atoms with E-state index in [-0.39, 0.29) is 29.9 Å². The molecule has 0 bridgehead atoms. The van der Waals surface area contributed by atoms with Crippen molar-refractivity contribution in [2.24, 2.45) is 0 Å². The second kappa shape index (κ2) is 8.11. The predicted octanol–water partition coefficient (Wildman–Crippen LogP) is 0.857. The highest BCUT2D eigenvalue weighted by Gasteiger charge is 2.29. The zero-order valence-corrected chi connectivity index (χ0v) is 15.1. The zero-order chi connectivity index (χ0) is 17.6. The van der Waals surface area contributed by atoms with Gasteiger partial charge in [0.05, 0.1) is 7.05 Å². The van der Waals surface area contributed by atoms with Crippen LogP contribution in [-0.2, 0) is 9.59 Å². The fraction of sp³-hybridized carbons (Fsp3) is 0.556. The summed E-state index contributed by atoms with van der Waals surface area (Å²) in [6.45, 7) is 10.5. The molecule has 0 saturated heterocycles. The van der Waals surface area contributed by atoms with Gasteiger partial charge in [-0.3, -0.25) is 9.59 Å². The molecule has 5 nitrogen and oxygen atoms in total. The maximum atomic E-state index is 12.8. The molecule has 23 heavy (non-hydrogen) atoms. The molecule has 1 rings (SSSR count). The number of hydrogen-bond donors (Lipinski definition) is 2. The van der Waals surface area contributed by atoms with Crippen molar-refractivity contribution in [2.45, 2.75) is 46.2 Å². The quantitative estimate of drug-likeness (QED) is 0.817. The summed E-state index contributed by atoms with van der Waals surface area (Å²) in [5.41, 5.74) is 0.628. The van der Waals surface area contributed by atoms with Crippen LogP contribution in [0, 0.1) is 0 Å². The van der Waals surface area contributed by atoms with E-state index in [9.17, 15) is 9.59 Å². The minimum absolute atomic E-state index is 0.0276. The van der Waals surface area contributed by atoms with Crippen LogP contribution < -0.4 is 15.1 Å². The number of likely N-dealkylation sites (N-methyl/N-ethyl adjacent to an activating group) is 2. The third kappa shape index (κ3) is 6.02. The molecule has 0 aliphatic rings. The Hall–Kier alpha value is -1.88. The van der Waals surface area contributed by atoms with Crippen molar-refractivity contribution in [3.8, 4) is 0 Å². The molecule has 2 amide bonds. The van der Waals surface area contributed by atoms with Crippen molar-refractivity contribution in [1.82, 2.24) is 5.32 Å². The Kier molecular flexibility index (Phi) is 6.76. The van der Waals surface area contributed by atoms with Crippen molar-refractivity contribution in [3.05, 3.63) is 30.3 Å². The first kappa shape index (κ1) is 19.2. The van der Waals surface area contributed by atoms with Crippen LogP contribution in [0.2, 0.25) is 0 Å². The summed E-state index contributed by atoms with van der Waals surface area (Å²) in [7, 11) is 1.88. The van der Waals surface area contributed by atoms with Gasteiger partial charge in [0, 0.05) is 17.8 Å². The van der Waals surface area contributed by atoms with Gasteiger partial charge in [0.15, 0.2) is 12.6 Å². The Labute approximate surface area is 139 Å². The fourth-order valence-electron chi connectivity index (χ4n) is 2.39. The summed E-state index contributed by atoms with van der Waals surface area (Å²) in [5.74, 6) is -0.0165. The minimum atomic E-state index is -0.291. The van der Waals surface area contributed by atoms with Crippen molar-refractivity contribution >= 4 is 17.5 Å². The van der Waals surface area contributed by atoms with Crippen LogP contribution in [0.4, 0.5) is 5.69 Å². The molecule has 2 N–H and O–H groups in total. The van der Waals surface area contributed by atoms with Gasteiger partial charge in [-0.1, -0.05) is 18.2 Å². The maximum absolute atomic E-state index is 12.8. The van der Waals surface area contributed by atoms with E-state index in [1.54, 1.807) is 4.90 Å². The maximum Gasteiger partial charge on any atom is 0.284 e. The molecule has 5 heteroatoms. The molecule has 1 unspecified atom stereocenters. The minimum Gasteiger partial charge on any atom is -0.347 e. The number of para-hydroxylation sites is 1. The SMILES string of the molecule is CCN(C(=O)[C@@H](C)[NH+](C)CC(=O)NC(C)(C)C)c1ccccc1. The standard InChI is InChI=1S/C18H29N3O2/c1-7-21(15-11-9-8-10-12-15)17(23)14(2)20(6)13-16(22)19-18(3,4)5/h8-12,14H,7,13H2,1-6H3,(H,19,22)/p+1/t14-/m1/s1. The highest BCUT2D eigenvalue weighted by atomic mass is 16.2. The highest BCUT2D eigenvalue weighted by molar-refractivity contribution is 5.96. The second-order valence-corrected chi connectivity index (χ2v) is 6.96. The predicted molar refractivity (Wildman–Crippen MR) is 93.6 cm³/mol. The molecule has 0 aliphatic heterocycles. The number of anilines is 1. The summed E-state index contributed by atoms with van der Waals surface area (Å²) in [5, 5.41) is 2.93. The smallest absolute Gasteiger partial charge is 0.284 e. The summed E-state index contributed by atoms with van der Waals surface area (Å²) in [6.07, 6.45) is 0. The molecular formula is C18H30N3O2+. The number of nitrogens with one attached hydrogen (secondary N) is 2. The van der Waals surface area contributed by atoms with Crippen molar-refractivity contribution in [3.63, 3.8) is 0 Å². The first-order valence-corrected chi connectivity index (χ1v) is 8.15. The van der Waals surface area contributed by atoms with E-state index in [0.29, 0.717) is 6.54 Å². The van der Waals surface area contributed by atoms with Gasteiger partial charge < -0.3 is 15.1 Å². The summed E-state index contributed by atoms with van der Waals surface area (Å²) < 4.78 is 0. The van der Waals surface area contributed by atoms with Gasteiger partial charge in [0.2, 0.25) is 0 Å². The van der Waals surface area contributed by atoms with Crippen molar-refractivity contribution in [2.75, 3.05) is 25.0 Å². The molecule has 2 atom stereocenters. The lowest BCUT2D eigenvalue weighted by Gasteiger charge is -2.28. The largest absolute Gasteiger partial charge is 0.347 e. The van der Waals surface area contributed by atoms with Crippen LogP contribution in [0.15, 0.2) is 30.3 Å². The van der Waals surface area contributed by atoms with E-state index < -0.39 is 0 Å². The molecule has 1 aromatic carbocycles. The first-order chi connectivity index (χ1) is 10.7. The number of benzene rings is 1. The molecule has 0 aliphatic carbocycles. The number of carbonyl (C=O) groups is 2. The molecule has 0 radical (unpaired) electrons. The molecule has 1 aromatic rings. The van der Waals surface area contributed by atoms with Crippen LogP contribution in [0.1, 0.15) is 34.6 Å². The molecule has 0 saturated carbocycles. The lowest BCUT2D eigenvalue weighted by Crippen LogP contribution is -3.15. The van der Waals surface area contributed by atoms with Crippen molar-refractivity contribution < 1.29 is 14.5 Å². The Morgan fingerprint density at radius 2 is 1.78 bits per heavy atom. The Morgan fingerprint density at radius 1 is 1.22 bits per heavy atom. The normalized spacial score (nSPS) is 14.0. The van der Waals surface area contributed by atoms with E-state index in [1.165, 1.54) is 0 Å². The topological polar surface area (TPSA) is 53.9 Å². The van der Waals surface area contributed by atoms with Crippen LogP contribution in [0.5, 0.6) is 0 Å². The number of amides is 2. The summed E-state index contributed by atoms with van der Waals surface area (Å²) >= 11 is 0. The van der Waals surface area contributed by atoms with Crippen LogP contribution in [0.25, 0.3) is 0 Å². The van der Waals surface area contributed by atoms with E-state index in [4.69, 9.17) is 0 Å². The molecule has 0 fully saturated rings. The Bertz CT molecular complexity index is 523. The van der Waals surface area contributed by atoms with Gasteiger partial charge in [-0.15, -0.1) is 0 Å². The number of rotatable bonds is 6. The molecule has 0 heterocycles. The van der Waals surface area contributed by atoms with Gasteiger partial charge >= 0.3 is 0 Å². The monoisotopic (exact) mass is 320 g/mol. The Morgan fingerprint density at radius 3 is 2.26 bits per heavy atom. The molecule has 0 aromatic heterocycles. The third-order valence-corrected chi connectivity index (χ3v) is 3.71. The van der Waals surface area contributed by atoms with Crippen LogP contribution in [0.3, 0.4) is 0 Å². The molecular weight excluding hydrogens is 290 g/mol. The van der Waals surface area contributed by atoms with E-state index >= 15 is 0 Å². The molecule has 128 valence electrons. The van der Waals surface area contributed by atoms with Crippen LogP contribution >= 0.6 is 0 Å². The average molecular weight is 320 g/mol. The van der Waals surface area contributed by atoms with Gasteiger partial charge in [0.1, 0.15) is 0 Å². The summed E-state index contributed by atoms with van der Waals surface area (Å²) in [6, 6.07) is 9.33.